The van der Waals surface area contributed by atoms with E-state index in [0.717, 1.165) is 32.0 Å². The largest absolute Gasteiger partial charge is 0.388 e. The summed E-state index contributed by atoms with van der Waals surface area (Å²) in [5.41, 5.74) is -0.850. The molecule has 2 fully saturated rings. The van der Waals surface area contributed by atoms with Crippen LogP contribution >= 0.6 is 0 Å². The Balaban J connectivity index is 1.69. The molecule has 0 aromatic rings. The first-order valence-corrected chi connectivity index (χ1v) is 8.93. The molecule has 0 radical (unpaired) electrons. The molecule has 0 aromatic heterocycles. The number of carbonyl (C=O) groups is 1. The first kappa shape index (κ1) is 17.5. The van der Waals surface area contributed by atoms with Crippen molar-refractivity contribution in [3.8, 4) is 0 Å². The van der Waals surface area contributed by atoms with Gasteiger partial charge in [0.1, 0.15) is 0 Å². The minimum atomic E-state index is -0.850. The van der Waals surface area contributed by atoms with Crippen LogP contribution in [-0.2, 0) is 0 Å². The molecule has 2 amide bonds. The van der Waals surface area contributed by atoms with Crippen molar-refractivity contribution in [2.24, 2.45) is 5.92 Å². The van der Waals surface area contributed by atoms with Gasteiger partial charge in [0.05, 0.1) is 5.60 Å². The summed E-state index contributed by atoms with van der Waals surface area (Å²) in [7, 11) is 0. The highest BCUT2D eigenvalue weighted by molar-refractivity contribution is 5.74. The van der Waals surface area contributed by atoms with Crippen LogP contribution in [-0.4, -0.2) is 53.4 Å². The first-order valence-electron chi connectivity index (χ1n) is 8.93. The Morgan fingerprint density at radius 2 is 2.05 bits per heavy atom. The smallest absolute Gasteiger partial charge is 0.315 e. The number of nitrogens with one attached hydrogen (secondary N) is 2. The van der Waals surface area contributed by atoms with Gasteiger partial charge in [-0.1, -0.05) is 33.1 Å². The molecule has 3 unspecified atom stereocenters. The number of urea groups is 1. The molecule has 1 saturated carbocycles. The van der Waals surface area contributed by atoms with Gasteiger partial charge >= 0.3 is 6.03 Å². The normalized spacial score (nSPS) is 27.5. The fourth-order valence-corrected chi connectivity index (χ4v) is 3.62. The topological polar surface area (TPSA) is 64.6 Å². The molecule has 2 aliphatic rings. The fourth-order valence-electron chi connectivity index (χ4n) is 3.62. The van der Waals surface area contributed by atoms with Gasteiger partial charge in [-0.15, -0.1) is 0 Å². The molecule has 0 spiro atoms. The van der Waals surface area contributed by atoms with E-state index in [2.05, 4.69) is 22.5 Å². The molecule has 1 heterocycles. The van der Waals surface area contributed by atoms with Gasteiger partial charge in [0.2, 0.25) is 0 Å². The van der Waals surface area contributed by atoms with Gasteiger partial charge in [0, 0.05) is 31.7 Å². The van der Waals surface area contributed by atoms with Crippen LogP contribution in [0.25, 0.3) is 0 Å². The van der Waals surface area contributed by atoms with Crippen molar-refractivity contribution >= 4 is 6.03 Å². The van der Waals surface area contributed by atoms with E-state index in [1.165, 1.54) is 25.7 Å². The third-order valence-corrected chi connectivity index (χ3v) is 5.68. The predicted octanol–water partition coefficient (Wildman–Crippen LogP) is 2.10. The second-order valence-corrected chi connectivity index (χ2v) is 7.41. The molecule has 2 rings (SSSR count). The van der Waals surface area contributed by atoms with Gasteiger partial charge in [-0.25, -0.2) is 4.79 Å². The summed E-state index contributed by atoms with van der Waals surface area (Å²) in [4.78, 5) is 14.6. The minimum absolute atomic E-state index is 0.151. The van der Waals surface area contributed by atoms with E-state index in [1.807, 2.05) is 6.92 Å². The molecule has 22 heavy (non-hydrogen) atoms. The van der Waals surface area contributed by atoms with Crippen LogP contribution < -0.4 is 10.6 Å². The summed E-state index contributed by atoms with van der Waals surface area (Å²) in [6.45, 7) is 8.22. The van der Waals surface area contributed by atoms with E-state index in [4.69, 9.17) is 0 Å². The van der Waals surface area contributed by atoms with Crippen molar-refractivity contribution in [3.63, 3.8) is 0 Å². The maximum absolute atomic E-state index is 12.0. The highest BCUT2D eigenvalue weighted by Gasteiger charge is 2.31. The molecule has 0 aromatic carbocycles. The van der Waals surface area contributed by atoms with Crippen LogP contribution in [0.4, 0.5) is 4.79 Å². The third-order valence-electron chi connectivity index (χ3n) is 5.68. The second kappa shape index (κ2) is 7.64. The van der Waals surface area contributed by atoms with Crippen LogP contribution in [0.1, 0.15) is 59.3 Å². The Bertz CT molecular complexity index is 367. The van der Waals surface area contributed by atoms with Gasteiger partial charge in [0.25, 0.3) is 0 Å². The van der Waals surface area contributed by atoms with Crippen molar-refractivity contribution in [1.82, 2.24) is 15.5 Å². The molecule has 1 aliphatic carbocycles. The van der Waals surface area contributed by atoms with Gasteiger partial charge in [0.15, 0.2) is 0 Å². The number of likely N-dealkylation sites (tertiary alicyclic amines) is 1. The number of rotatable bonds is 6. The molecule has 5 nitrogen and oxygen atoms in total. The van der Waals surface area contributed by atoms with Crippen molar-refractivity contribution in [1.29, 1.82) is 0 Å². The van der Waals surface area contributed by atoms with Crippen molar-refractivity contribution < 1.29 is 9.90 Å². The van der Waals surface area contributed by atoms with E-state index in [-0.39, 0.29) is 18.0 Å². The van der Waals surface area contributed by atoms with Crippen molar-refractivity contribution in [2.45, 2.75) is 77.0 Å². The zero-order chi connectivity index (χ0) is 16.2. The van der Waals surface area contributed by atoms with Gasteiger partial charge < -0.3 is 15.7 Å². The van der Waals surface area contributed by atoms with Crippen LogP contribution in [0.3, 0.4) is 0 Å². The van der Waals surface area contributed by atoms with Crippen LogP contribution in [0.2, 0.25) is 0 Å². The first-order chi connectivity index (χ1) is 10.4. The highest BCUT2D eigenvalue weighted by Crippen LogP contribution is 2.26. The van der Waals surface area contributed by atoms with Gasteiger partial charge in [-0.2, -0.15) is 0 Å². The zero-order valence-corrected chi connectivity index (χ0v) is 14.4. The molecule has 3 atom stereocenters. The average molecular weight is 311 g/mol. The van der Waals surface area contributed by atoms with Crippen LogP contribution in [0.15, 0.2) is 0 Å². The number of aliphatic hydroxyl groups is 1. The average Bonchev–Trinajstić information content (AvgIpc) is 3.15. The summed E-state index contributed by atoms with van der Waals surface area (Å²) in [5, 5.41) is 16.2. The number of hydrogen-bond acceptors (Lipinski definition) is 3. The maximum Gasteiger partial charge on any atom is 0.315 e. The molecular formula is C17H33N3O2. The predicted molar refractivity (Wildman–Crippen MR) is 88.8 cm³/mol. The lowest BCUT2D eigenvalue weighted by Crippen LogP contribution is -2.50. The summed E-state index contributed by atoms with van der Waals surface area (Å²) < 4.78 is 0. The number of hydrogen-bond donors (Lipinski definition) is 3. The Hall–Kier alpha value is -0.810. The number of carbonyl (C=O) groups excluding carboxylic acids is 1. The highest BCUT2D eigenvalue weighted by atomic mass is 16.3. The second-order valence-electron chi connectivity index (χ2n) is 7.41. The standard InChI is InChI=1S/C17H33N3O2/c1-4-13(2)17(3,22)12-18-16(21)19-14-9-10-20(11-14)15-7-5-6-8-15/h13-15,22H,4-12H2,1-3H3,(H2,18,19,21). The quantitative estimate of drug-likeness (QED) is 0.704. The molecule has 1 aliphatic heterocycles. The Kier molecular flexibility index (Phi) is 6.09. The lowest BCUT2D eigenvalue weighted by Gasteiger charge is -2.30. The van der Waals surface area contributed by atoms with E-state index in [9.17, 15) is 9.90 Å². The Morgan fingerprint density at radius 3 is 2.68 bits per heavy atom. The fraction of sp³-hybridized carbons (Fsp3) is 0.941. The van der Waals surface area contributed by atoms with Crippen molar-refractivity contribution in [3.05, 3.63) is 0 Å². The Morgan fingerprint density at radius 1 is 1.36 bits per heavy atom. The maximum atomic E-state index is 12.0. The molecule has 3 N–H and O–H groups in total. The SMILES string of the molecule is CCC(C)C(C)(O)CNC(=O)NC1CCN(C2CCCC2)C1. The number of nitrogens with zero attached hydrogens (tertiary/aromatic N) is 1. The van der Waals surface area contributed by atoms with Gasteiger partial charge in [-0.05, 0) is 32.1 Å². The monoisotopic (exact) mass is 311 g/mol. The third kappa shape index (κ3) is 4.59. The zero-order valence-electron chi connectivity index (χ0n) is 14.4. The van der Waals surface area contributed by atoms with E-state index in [1.54, 1.807) is 6.92 Å². The van der Waals surface area contributed by atoms with E-state index >= 15 is 0 Å². The minimum Gasteiger partial charge on any atom is -0.388 e. The lowest BCUT2D eigenvalue weighted by molar-refractivity contribution is 0.00784. The Labute approximate surface area is 134 Å². The molecule has 5 heteroatoms. The van der Waals surface area contributed by atoms with Crippen LogP contribution in [0, 0.1) is 5.92 Å². The van der Waals surface area contributed by atoms with Gasteiger partial charge in [-0.3, -0.25) is 4.90 Å². The molecule has 0 bridgehead atoms. The molecule has 128 valence electrons. The lowest BCUT2D eigenvalue weighted by atomic mass is 9.89. The number of amides is 2. The van der Waals surface area contributed by atoms with Crippen molar-refractivity contribution in [2.75, 3.05) is 19.6 Å². The van der Waals surface area contributed by atoms with E-state index in [0.29, 0.717) is 6.54 Å². The summed E-state index contributed by atoms with van der Waals surface area (Å²) in [6.07, 6.45) is 7.27. The van der Waals surface area contributed by atoms with E-state index < -0.39 is 5.60 Å². The summed E-state index contributed by atoms with van der Waals surface area (Å²) in [5.74, 6) is 0.164. The summed E-state index contributed by atoms with van der Waals surface area (Å²) in [6, 6.07) is 0.831. The molecule has 1 saturated heterocycles. The summed E-state index contributed by atoms with van der Waals surface area (Å²) >= 11 is 0. The van der Waals surface area contributed by atoms with Crippen LogP contribution in [0.5, 0.6) is 0 Å². The molecular weight excluding hydrogens is 278 g/mol.